The van der Waals surface area contributed by atoms with Crippen molar-refractivity contribution in [3.05, 3.63) is 11.1 Å². The van der Waals surface area contributed by atoms with Gasteiger partial charge in [-0.25, -0.2) is 9.78 Å². The van der Waals surface area contributed by atoms with E-state index in [9.17, 15) is 9.59 Å². The normalized spacial score (nSPS) is 12.1. The number of carboxylic acids is 1. The maximum absolute atomic E-state index is 11.4. The van der Waals surface area contributed by atoms with Crippen molar-refractivity contribution in [3.8, 4) is 0 Å². The lowest BCUT2D eigenvalue weighted by atomic mass is 10.2. The van der Waals surface area contributed by atoms with Gasteiger partial charge in [-0.1, -0.05) is 6.92 Å². The van der Waals surface area contributed by atoms with Crippen molar-refractivity contribution >= 4 is 28.3 Å². The molecule has 0 saturated carbocycles. The lowest BCUT2D eigenvalue weighted by Crippen LogP contribution is -2.41. The van der Waals surface area contributed by atoms with Crippen LogP contribution in [0.3, 0.4) is 0 Å². The third kappa shape index (κ3) is 3.50. The molecule has 0 saturated heterocycles. The van der Waals surface area contributed by atoms with Gasteiger partial charge >= 0.3 is 5.97 Å². The summed E-state index contributed by atoms with van der Waals surface area (Å²) >= 11 is 1.25. The van der Waals surface area contributed by atoms with Gasteiger partial charge in [-0.05, 0) is 6.42 Å². The van der Waals surface area contributed by atoms with Crippen molar-refractivity contribution in [3.63, 3.8) is 0 Å². The molecule has 1 aromatic rings. The lowest BCUT2D eigenvalue weighted by molar-refractivity contribution is -0.141. The Bertz CT molecular complexity index is 391. The molecular formula is C9H13N3O3S. The van der Waals surface area contributed by atoms with Crippen LogP contribution in [-0.2, 0) is 16.0 Å². The van der Waals surface area contributed by atoms with Gasteiger partial charge < -0.3 is 16.2 Å². The molecule has 88 valence electrons. The van der Waals surface area contributed by atoms with Gasteiger partial charge in [0.05, 0.1) is 12.1 Å². The highest BCUT2D eigenvalue weighted by Gasteiger charge is 2.17. The number of hydrogen-bond acceptors (Lipinski definition) is 5. The Morgan fingerprint density at radius 1 is 1.69 bits per heavy atom. The lowest BCUT2D eigenvalue weighted by Gasteiger charge is -2.11. The van der Waals surface area contributed by atoms with E-state index in [1.807, 2.05) is 0 Å². The second-order valence-corrected chi connectivity index (χ2v) is 4.11. The van der Waals surface area contributed by atoms with Crippen LogP contribution in [0.4, 0.5) is 5.13 Å². The monoisotopic (exact) mass is 243 g/mol. The van der Waals surface area contributed by atoms with E-state index < -0.39 is 12.0 Å². The number of nitrogens with zero attached hydrogens (tertiary/aromatic N) is 1. The highest BCUT2D eigenvalue weighted by molar-refractivity contribution is 7.13. The Morgan fingerprint density at radius 2 is 2.38 bits per heavy atom. The summed E-state index contributed by atoms with van der Waals surface area (Å²) in [5.41, 5.74) is 5.97. The first-order valence-corrected chi connectivity index (χ1v) is 5.63. The number of nitrogens with two attached hydrogens (primary N) is 1. The molecule has 1 heterocycles. The summed E-state index contributed by atoms with van der Waals surface area (Å²) in [4.78, 5) is 26.0. The zero-order valence-electron chi connectivity index (χ0n) is 8.77. The molecule has 0 aromatic carbocycles. The largest absolute Gasteiger partial charge is 0.480 e. The fourth-order valence-corrected chi connectivity index (χ4v) is 1.71. The van der Waals surface area contributed by atoms with E-state index in [4.69, 9.17) is 10.8 Å². The maximum Gasteiger partial charge on any atom is 0.326 e. The van der Waals surface area contributed by atoms with E-state index in [2.05, 4.69) is 10.3 Å². The van der Waals surface area contributed by atoms with E-state index in [1.165, 1.54) is 11.3 Å². The van der Waals surface area contributed by atoms with Crippen LogP contribution in [0.2, 0.25) is 0 Å². The number of aromatic nitrogens is 1. The third-order valence-electron chi connectivity index (χ3n) is 1.95. The van der Waals surface area contributed by atoms with Crippen LogP contribution in [0.1, 0.15) is 19.0 Å². The summed E-state index contributed by atoms with van der Waals surface area (Å²) in [5, 5.41) is 13.2. The van der Waals surface area contributed by atoms with Crippen LogP contribution < -0.4 is 11.1 Å². The molecule has 0 aliphatic heterocycles. The fraction of sp³-hybridized carbons (Fsp3) is 0.444. The fourth-order valence-electron chi connectivity index (χ4n) is 1.15. The van der Waals surface area contributed by atoms with Gasteiger partial charge in [0.1, 0.15) is 6.04 Å². The number of thiazole rings is 1. The summed E-state index contributed by atoms with van der Waals surface area (Å²) in [7, 11) is 0. The minimum atomic E-state index is -1.03. The molecule has 0 aliphatic carbocycles. The molecule has 1 aromatic heterocycles. The van der Waals surface area contributed by atoms with Gasteiger partial charge in [-0.3, -0.25) is 4.79 Å². The molecule has 16 heavy (non-hydrogen) atoms. The van der Waals surface area contributed by atoms with E-state index in [-0.39, 0.29) is 12.3 Å². The number of carboxylic acid groups (broad SMARTS) is 1. The van der Waals surface area contributed by atoms with Crippen LogP contribution >= 0.6 is 11.3 Å². The van der Waals surface area contributed by atoms with Crippen LogP contribution in [-0.4, -0.2) is 28.0 Å². The number of rotatable bonds is 5. The van der Waals surface area contributed by atoms with Crippen LogP contribution in [0.15, 0.2) is 5.38 Å². The minimum Gasteiger partial charge on any atom is -0.480 e. The molecule has 0 spiro atoms. The van der Waals surface area contributed by atoms with Gasteiger partial charge in [0, 0.05) is 5.38 Å². The van der Waals surface area contributed by atoms with Gasteiger partial charge in [0.25, 0.3) is 0 Å². The topological polar surface area (TPSA) is 105 Å². The Kier molecular flexibility index (Phi) is 4.24. The van der Waals surface area contributed by atoms with Crippen molar-refractivity contribution < 1.29 is 14.7 Å². The number of amides is 1. The second kappa shape index (κ2) is 5.45. The summed E-state index contributed by atoms with van der Waals surface area (Å²) in [6, 6.07) is -0.844. The first-order chi connectivity index (χ1) is 7.52. The molecule has 0 bridgehead atoms. The van der Waals surface area contributed by atoms with Crippen molar-refractivity contribution in [1.82, 2.24) is 10.3 Å². The minimum absolute atomic E-state index is 0.0531. The second-order valence-electron chi connectivity index (χ2n) is 3.22. The Labute approximate surface area is 96.5 Å². The van der Waals surface area contributed by atoms with Crippen molar-refractivity contribution in [1.29, 1.82) is 0 Å². The Balaban J connectivity index is 2.50. The SMILES string of the molecule is CC[C@H](NC(=O)Cc1csc(N)n1)C(=O)O. The number of carbonyl (C=O) groups is 2. The first-order valence-electron chi connectivity index (χ1n) is 4.75. The Morgan fingerprint density at radius 3 is 2.81 bits per heavy atom. The molecule has 0 fully saturated rings. The summed E-state index contributed by atoms with van der Waals surface area (Å²) in [6.45, 7) is 1.69. The average molecular weight is 243 g/mol. The number of nitrogens with one attached hydrogen (secondary N) is 1. The zero-order chi connectivity index (χ0) is 12.1. The first kappa shape index (κ1) is 12.4. The molecule has 1 atom stereocenters. The summed E-state index contributed by atoms with van der Waals surface area (Å²) < 4.78 is 0. The third-order valence-corrected chi connectivity index (χ3v) is 2.68. The molecule has 4 N–H and O–H groups in total. The molecule has 0 radical (unpaired) electrons. The number of aliphatic carboxylic acids is 1. The predicted octanol–water partition coefficient (Wildman–Crippen LogP) is 0.247. The highest BCUT2D eigenvalue weighted by atomic mass is 32.1. The standard InChI is InChI=1S/C9H13N3O3S/c1-2-6(8(14)15)12-7(13)3-5-4-16-9(10)11-5/h4,6H,2-3H2,1H3,(H2,10,11)(H,12,13)(H,14,15)/t6-/m0/s1. The van der Waals surface area contributed by atoms with E-state index >= 15 is 0 Å². The predicted molar refractivity (Wildman–Crippen MR) is 60.1 cm³/mol. The molecular weight excluding hydrogens is 230 g/mol. The van der Waals surface area contributed by atoms with Crippen LogP contribution in [0.5, 0.6) is 0 Å². The zero-order valence-corrected chi connectivity index (χ0v) is 9.58. The highest BCUT2D eigenvalue weighted by Crippen LogP contribution is 2.11. The van der Waals surface area contributed by atoms with E-state index in [1.54, 1.807) is 12.3 Å². The maximum atomic E-state index is 11.4. The average Bonchev–Trinajstić information content (AvgIpc) is 2.60. The molecule has 6 nitrogen and oxygen atoms in total. The van der Waals surface area contributed by atoms with Gasteiger partial charge in [0.2, 0.25) is 5.91 Å². The van der Waals surface area contributed by atoms with Gasteiger partial charge in [-0.15, -0.1) is 11.3 Å². The number of anilines is 1. The number of nitrogen functional groups attached to an aromatic ring is 1. The van der Waals surface area contributed by atoms with Crippen molar-refractivity contribution in [2.75, 3.05) is 5.73 Å². The summed E-state index contributed by atoms with van der Waals surface area (Å²) in [5.74, 6) is -1.40. The number of carbonyl (C=O) groups excluding carboxylic acids is 1. The van der Waals surface area contributed by atoms with Crippen molar-refractivity contribution in [2.45, 2.75) is 25.8 Å². The van der Waals surface area contributed by atoms with E-state index in [0.717, 1.165) is 0 Å². The molecule has 7 heteroatoms. The summed E-state index contributed by atoms with van der Waals surface area (Å²) in [6.07, 6.45) is 0.401. The van der Waals surface area contributed by atoms with Crippen molar-refractivity contribution in [2.24, 2.45) is 0 Å². The molecule has 0 unspecified atom stereocenters. The molecule has 1 amide bonds. The van der Waals surface area contributed by atoms with Crippen LogP contribution in [0, 0.1) is 0 Å². The quantitative estimate of drug-likeness (QED) is 0.687. The Hall–Kier alpha value is -1.63. The smallest absolute Gasteiger partial charge is 0.326 e. The van der Waals surface area contributed by atoms with Gasteiger partial charge in [0.15, 0.2) is 5.13 Å². The van der Waals surface area contributed by atoms with Crippen LogP contribution in [0.25, 0.3) is 0 Å². The number of hydrogen-bond donors (Lipinski definition) is 3. The molecule has 1 rings (SSSR count). The molecule has 0 aliphatic rings. The van der Waals surface area contributed by atoms with E-state index in [0.29, 0.717) is 17.2 Å². The van der Waals surface area contributed by atoms with Gasteiger partial charge in [-0.2, -0.15) is 0 Å².